The fourth-order valence-electron chi connectivity index (χ4n) is 2.49. The van der Waals surface area contributed by atoms with Gasteiger partial charge in [0.25, 0.3) is 5.91 Å². The summed E-state index contributed by atoms with van der Waals surface area (Å²) in [5.41, 5.74) is 6.63. The Labute approximate surface area is 128 Å². The summed E-state index contributed by atoms with van der Waals surface area (Å²) >= 11 is 1.28. The van der Waals surface area contributed by atoms with Crippen LogP contribution in [0.2, 0.25) is 0 Å². The van der Waals surface area contributed by atoms with E-state index in [1.165, 1.54) is 11.3 Å². The van der Waals surface area contributed by atoms with E-state index in [1.807, 2.05) is 6.92 Å². The van der Waals surface area contributed by atoms with Gasteiger partial charge < -0.3 is 21.1 Å². The first-order valence-electron chi connectivity index (χ1n) is 7.08. The van der Waals surface area contributed by atoms with Gasteiger partial charge in [0, 0.05) is 26.2 Å². The number of aliphatic hydroxyl groups excluding tert-OH is 1. The molecule has 1 aliphatic rings. The number of anilines is 2. The topological polar surface area (TPSA) is 102 Å². The number of rotatable bonds is 4. The van der Waals surface area contributed by atoms with Gasteiger partial charge in [0.2, 0.25) is 0 Å². The normalized spacial score (nSPS) is 15.8. The van der Waals surface area contributed by atoms with Crippen LogP contribution >= 0.6 is 11.3 Å². The van der Waals surface area contributed by atoms with Crippen molar-refractivity contribution in [3.05, 3.63) is 10.4 Å². The zero-order valence-electron chi connectivity index (χ0n) is 12.1. The molecule has 1 aromatic rings. The molecule has 0 spiro atoms. The van der Waals surface area contributed by atoms with Crippen molar-refractivity contribution >= 4 is 27.9 Å². The lowest BCUT2D eigenvalue weighted by Gasteiger charge is -2.31. The van der Waals surface area contributed by atoms with Crippen LogP contribution in [0.15, 0.2) is 0 Å². The van der Waals surface area contributed by atoms with Crippen LogP contribution in [0.3, 0.4) is 0 Å². The van der Waals surface area contributed by atoms with Crippen LogP contribution in [0.5, 0.6) is 0 Å². The number of nitrogens with two attached hydrogens (primary N) is 1. The maximum Gasteiger partial charge on any atom is 0.263 e. The molecule has 0 radical (unpaired) electrons. The predicted octanol–water partition coefficient (Wildman–Crippen LogP) is 1.16. The number of hydrogen-bond acceptors (Lipinski definition) is 6. The van der Waals surface area contributed by atoms with Crippen molar-refractivity contribution in [3.63, 3.8) is 0 Å². The Balaban J connectivity index is 2.26. The van der Waals surface area contributed by atoms with Crippen LogP contribution in [0, 0.1) is 17.2 Å². The molecule has 0 aliphatic carbocycles. The molecule has 1 aliphatic heterocycles. The molecule has 2 rings (SSSR count). The van der Waals surface area contributed by atoms with Gasteiger partial charge in [-0.25, -0.2) is 0 Å². The maximum atomic E-state index is 12.0. The second-order valence-electron chi connectivity index (χ2n) is 5.11. The first kappa shape index (κ1) is 15.6. The van der Waals surface area contributed by atoms with Crippen molar-refractivity contribution in [2.24, 2.45) is 5.92 Å². The van der Waals surface area contributed by atoms with Gasteiger partial charge in [-0.1, -0.05) is 0 Å². The van der Waals surface area contributed by atoms with Crippen LogP contribution in [0.25, 0.3) is 0 Å². The zero-order chi connectivity index (χ0) is 15.4. The third kappa shape index (κ3) is 3.12. The Morgan fingerprint density at radius 2 is 2.24 bits per heavy atom. The van der Waals surface area contributed by atoms with Crippen molar-refractivity contribution in [1.29, 1.82) is 5.26 Å². The highest BCUT2D eigenvalue weighted by molar-refractivity contribution is 7.19. The van der Waals surface area contributed by atoms with Gasteiger partial charge in [-0.05, 0) is 25.7 Å². The molecule has 1 saturated heterocycles. The van der Waals surface area contributed by atoms with Crippen LogP contribution < -0.4 is 16.0 Å². The van der Waals surface area contributed by atoms with Gasteiger partial charge in [0.05, 0.1) is 5.69 Å². The molecule has 114 valence electrons. The number of piperidine rings is 1. The maximum absolute atomic E-state index is 12.0. The highest BCUT2D eigenvalue weighted by atomic mass is 32.1. The van der Waals surface area contributed by atoms with Crippen molar-refractivity contribution < 1.29 is 9.90 Å². The van der Waals surface area contributed by atoms with E-state index in [9.17, 15) is 15.2 Å². The summed E-state index contributed by atoms with van der Waals surface area (Å²) in [5, 5.41) is 22.0. The number of carbonyl (C=O) groups excluding carboxylic acids is 1. The van der Waals surface area contributed by atoms with Crippen molar-refractivity contribution in [1.82, 2.24) is 5.32 Å². The van der Waals surface area contributed by atoms with E-state index in [2.05, 4.69) is 16.3 Å². The molecule has 7 heteroatoms. The molecule has 0 atom stereocenters. The number of nitriles is 1. The molecule has 4 N–H and O–H groups in total. The molecule has 0 bridgehead atoms. The highest BCUT2D eigenvalue weighted by Gasteiger charge is 2.27. The van der Waals surface area contributed by atoms with Crippen molar-refractivity contribution in [2.45, 2.75) is 19.8 Å². The van der Waals surface area contributed by atoms with E-state index in [1.54, 1.807) is 0 Å². The smallest absolute Gasteiger partial charge is 0.263 e. The minimum atomic E-state index is -0.229. The molecule has 1 aromatic heterocycles. The lowest BCUT2D eigenvalue weighted by atomic mass is 9.98. The lowest BCUT2D eigenvalue weighted by Crippen LogP contribution is -2.34. The summed E-state index contributed by atoms with van der Waals surface area (Å²) in [6.07, 6.45) is 1.77. The van der Waals surface area contributed by atoms with Crippen LogP contribution in [-0.4, -0.2) is 37.3 Å². The van der Waals surface area contributed by atoms with E-state index < -0.39 is 0 Å². The van der Waals surface area contributed by atoms with Gasteiger partial charge >= 0.3 is 0 Å². The molecule has 21 heavy (non-hydrogen) atoms. The minimum absolute atomic E-state index is 0.204. The molecule has 1 fully saturated rings. The van der Waals surface area contributed by atoms with E-state index in [4.69, 9.17) is 5.73 Å². The summed E-state index contributed by atoms with van der Waals surface area (Å²) < 4.78 is 0. The summed E-state index contributed by atoms with van der Waals surface area (Å²) in [6.45, 7) is 4.11. The summed E-state index contributed by atoms with van der Waals surface area (Å²) in [7, 11) is 0. The molecular formula is C14H20N4O2S. The number of carbonyl (C=O) groups is 1. The van der Waals surface area contributed by atoms with E-state index in [-0.39, 0.29) is 18.2 Å². The summed E-state index contributed by atoms with van der Waals surface area (Å²) in [4.78, 5) is 14.5. The fraction of sp³-hybridized carbons (Fsp3) is 0.571. The van der Waals surface area contributed by atoms with E-state index in [0.29, 0.717) is 22.9 Å². The number of amides is 1. The van der Waals surface area contributed by atoms with E-state index in [0.717, 1.165) is 30.9 Å². The first-order chi connectivity index (χ1) is 10.1. The van der Waals surface area contributed by atoms with Gasteiger partial charge in [-0.3, -0.25) is 4.79 Å². The average molecular weight is 308 g/mol. The standard InChI is InChI=1S/C14H20N4O2S/c1-2-17-13(20)12-11(16)10(7-15)14(21-12)18-5-3-9(8-19)4-6-18/h9,19H,2-6,8,16H2,1H3,(H,17,20). The monoisotopic (exact) mass is 308 g/mol. The SMILES string of the molecule is CCNC(=O)c1sc(N2CCC(CO)CC2)c(C#N)c1N. The van der Waals surface area contributed by atoms with Gasteiger partial charge in [-0.15, -0.1) is 11.3 Å². The number of thiophene rings is 1. The number of nitrogens with zero attached hydrogens (tertiary/aromatic N) is 2. The Hall–Kier alpha value is -1.78. The van der Waals surface area contributed by atoms with Gasteiger partial charge in [0.1, 0.15) is 21.5 Å². The molecular weight excluding hydrogens is 288 g/mol. The third-order valence-electron chi connectivity index (χ3n) is 3.74. The lowest BCUT2D eigenvalue weighted by molar-refractivity contribution is 0.0960. The first-order valence-corrected chi connectivity index (χ1v) is 7.90. The largest absolute Gasteiger partial charge is 0.396 e. The van der Waals surface area contributed by atoms with Crippen molar-refractivity contribution in [3.8, 4) is 6.07 Å². The summed E-state index contributed by atoms with van der Waals surface area (Å²) in [6, 6.07) is 2.12. The Kier molecular flexibility index (Phi) is 5.04. The molecule has 0 unspecified atom stereocenters. The average Bonchev–Trinajstić information content (AvgIpc) is 2.84. The number of nitrogens with one attached hydrogen (secondary N) is 1. The number of nitrogen functional groups attached to an aromatic ring is 1. The Bertz CT molecular complexity index is 556. The van der Waals surface area contributed by atoms with Crippen LogP contribution in [-0.2, 0) is 0 Å². The second-order valence-corrected chi connectivity index (χ2v) is 6.11. The Morgan fingerprint density at radius 3 is 2.76 bits per heavy atom. The van der Waals surface area contributed by atoms with E-state index >= 15 is 0 Å². The minimum Gasteiger partial charge on any atom is -0.396 e. The molecule has 6 nitrogen and oxygen atoms in total. The number of aliphatic hydroxyl groups is 1. The molecule has 2 heterocycles. The molecule has 0 saturated carbocycles. The van der Waals surface area contributed by atoms with Crippen LogP contribution in [0.4, 0.5) is 10.7 Å². The zero-order valence-corrected chi connectivity index (χ0v) is 12.9. The third-order valence-corrected chi connectivity index (χ3v) is 5.01. The quantitative estimate of drug-likeness (QED) is 0.774. The summed E-state index contributed by atoms with van der Waals surface area (Å²) in [5.74, 6) is 0.0972. The number of hydrogen-bond donors (Lipinski definition) is 3. The molecule has 0 aromatic carbocycles. The fourth-order valence-corrected chi connectivity index (χ4v) is 3.63. The van der Waals surface area contributed by atoms with Gasteiger partial charge in [0.15, 0.2) is 0 Å². The van der Waals surface area contributed by atoms with Crippen molar-refractivity contribution in [2.75, 3.05) is 36.9 Å². The molecule has 1 amide bonds. The van der Waals surface area contributed by atoms with Crippen LogP contribution in [0.1, 0.15) is 35.0 Å². The van der Waals surface area contributed by atoms with Gasteiger partial charge in [-0.2, -0.15) is 5.26 Å². The highest BCUT2D eigenvalue weighted by Crippen LogP contribution is 2.39. The second kappa shape index (κ2) is 6.78. The predicted molar refractivity (Wildman–Crippen MR) is 83.5 cm³/mol. The Morgan fingerprint density at radius 1 is 1.57 bits per heavy atom.